The van der Waals surface area contributed by atoms with Crippen molar-refractivity contribution in [1.82, 2.24) is 0 Å². The maximum Gasteiger partial charge on any atom is 0.236 e. The molecule has 0 unspecified atom stereocenters. The molecular formula is C52H52O4Si2. The number of hydrogen-bond donors (Lipinski definition) is 0. The molecular weight excluding hydrogens is 745 g/mol. The van der Waals surface area contributed by atoms with E-state index in [-0.39, 0.29) is 22.9 Å². The van der Waals surface area contributed by atoms with Gasteiger partial charge in [0.25, 0.3) is 0 Å². The first-order valence-electron chi connectivity index (χ1n) is 20.1. The minimum atomic E-state index is -1.80. The number of allylic oxidation sites excluding steroid dienone is 2. The van der Waals surface area contributed by atoms with E-state index in [0.29, 0.717) is 37.6 Å². The normalized spacial score (nSPS) is 18.0. The Morgan fingerprint density at radius 3 is 2.17 bits per heavy atom. The van der Waals surface area contributed by atoms with Crippen LogP contribution in [0.3, 0.4) is 0 Å². The van der Waals surface area contributed by atoms with Crippen molar-refractivity contribution in [3.8, 4) is 46.3 Å². The quantitative estimate of drug-likeness (QED) is 0.0585. The first-order valence-corrected chi connectivity index (χ1v) is 27.1. The number of ether oxygens (including phenoxy) is 2. The second-order valence-electron chi connectivity index (χ2n) is 18.2. The molecule has 9 rings (SSSR count). The molecule has 6 heteroatoms. The van der Waals surface area contributed by atoms with Gasteiger partial charge in [0, 0.05) is 28.2 Å². The van der Waals surface area contributed by atoms with E-state index in [9.17, 15) is 9.59 Å². The van der Waals surface area contributed by atoms with Crippen molar-refractivity contribution in [2.75, 3.05) is 13.2 Å². The molecule has 4 aliphatic carbocycles. The highest BCUT2D eigenvalue weighted by Gasteiger charge is 2.51. The van der Waals surface area contributed by atoms with E-state index in [1.54, 1.807) is 6.07 Å². The first kappa shape index (κ1) is 40.9. The van der Waals surface area contributed by atoms with E-state index in [1.165, 1.54) is 49.7 Å². The lowest BCUT2D eigenvalue weighted by Gasteiger charge is -2.49. The molecule has 4 nitrogen and oxygen atoms in total. The SMILES string of the molecule is CC1=CC23C=C(C)C1c1c4c(c([Si](C)(C)C)c(c12)COC3)C(=O)c1ccccc1-4.Cc1cc(C)cc(COCC#CC#Cc2ccccc2C(=O)C#C[Si](C)(C)C)c1. The maximum absolute atomic E-state index is 13.7. The monoisotopic (exact) mass is 796 g/mol. The number of carbonyl (C=O) groups excluding carboxylic acids is 2. The Kier molecular flexibility index (Phi) is 11.2. The number of ketones is 2. The molecule has 4 aromatic carbocycles. The summed E-state index contributed by atoms with van der Waals surface area (Å²) in [5.41, 5.74) is 18.9. The van der Waals surface area contributed by atoms with Gasteiger partial charge in [0.05, 0.1) is 33.3 Å². The Morgan fingerprint density at radius 1 is 0.845 bits per heavy atom. The highest BCUT2D eigenvalue weighted by Crippen LogP contribution is 2.58. The van der Waals surface area contributed by atoms with Crippen LogP contribution in [0.5, 0.6) is 0 Å². The molecule has 0 N–H and O–H groups in total. The van der Waals surface area contributed by atoms with Crippen molar-refractivity contribution in [3.05, 3.63) is 146 Å². The first-order chi connectivity index (χ1) is 27.5. The van der Waals surface area contributed by atoms with Crippen molar-refractivity contribution in [1.29, 1.82) is 0 Å². The fraction of sp³-hybridized carbons (Fsp3) is 0.308. The van der Waals surface area contributed by atoms with Crippen LogP contribution in [0.15, 0.2) is 90.0 Å². The van der Waals surface area contributed by atoms with Gasteiger partial charge in [-0.15, -0.1) is 5.54 Å². The van der Waals surface area contributed by atoms with Gasteiger partial charge in [-0.25, -0.2) is 0 Å². The van der Waals surface area contributed by atoms with Crippen LogP contribution in [-0.4, -0.2) is 40.9 Å². The van der Waals surface area contributed by atoms with E-state index >= 15 is 0 Å². The molecule has 0 radical (unpaired) electrons. The zero-order valence-corrected chi connectivity index (χ0v) is 37.5. The molecule has 1 spiro atoms. The molecule has 1 aliphatic heterocycles. The fourth-order valence-electron chi connectivity index (χ4n) is 9.27. The molecule has 0 amide bonds. The van der Waals surface area contributed by atoms with Gasteiger partial charge in [-0.1, -0.05) is 140 Å². The number of carbonyl (C=O) groups is 2. The van der Waals surface area contributed by atoms with Crippen LogP contribution in [0.25, 0.3) is 11.1 Å². The van der Waals surface area contributed by atoms with E-state index in [0.717, 1.165) is 22.3 Å². The topological polar surface area (TPSA) is 52.6 Å². The van der Waals surface area contributed by atoms with E-state index in [2.05, 4.69) is 145 Å². The smallest absolute Gasteiger partial charge is 0.236 e. The van der Waals surface area contributed by atoms with Crippen LogP contribution in [-0.2, 0) is 28.1 Å². The van der Waals surface area contributed by atoms with Gasteiger partial charge in [0.2, 0.25) is 5.78 Å². The molecule has 292 valence electrons. The Balaban J connectivity index is 0.000000177. The van der Waals surface area contributed by atoms with Gasteiger partial charge in [-0.05, 0) is 96.2 Å². The summed E-state index contributed by atoms with van der Waals surface area (Å²) in [5, 5.41) is 1.33. The van der Waals surface area contributed by atoms with Crippen LogP contribution in [0.2, 0.25) is 39.3 Å². The van der Waals surface area contributed by atoms with Gasteiger partial charge in [0.15, 0.2) is 5.78 Å². The van der Waals surface area contributed by atoms with E-state index in [4.69, 9.17) is 9.47 Å². The van der Waals surface area contributed by atoms with Crippen molar-refractivity contribution in [2.45, 2.75) is 91.5 Å². The van der Waals surface area contributed by atoms with Crippen molar-refractivity contribution in [2.24, 2.45) is 0 Å². The summed E-state index contributed by atoms with van der Waals surface area (Å²) in [4.78, 5) is 26.1. The predicted octanol–water partition coefficient (Wildman–Crippen LogP) is 10.2. The molecule has 2 bridgehead atoms. The minimum Gasteiger partial charge on any atom is -0.375 e. The van der Waals surface area contributed by atoms with Crippen molar-refractivity contribution < 1.29 is 19.1 Å². The molecule has 0 atom stereocenters. The summed E-state index contributed by atoms with van der Waals surface area (Å²) in [5.74, 6) is 14.5. The van der Waals surface area contributed by atoms with Crippen LogP contribution >= 0.6 is 0 Å². The fourth-order valence-corrected chi connectivity index (χ4v) is 11.8. The third kappa shape index (κ3) is 7.94. The lowest BCUT2D eigenvalue weighted by Crippen LogP contribution is -2.50. The molecule has 0 aromatic heterocycles. The average Bonchev–Trinajstić information content (AvgIpc) is 3.44. The Hall–Kier alpha value is -5.27. The van der Waals surface area contributed by atoms with Gasteiger partial charge < -0.3 is 9.47 Å². The Labute approximate surface area is 347 Å². The highest BCUT2D eigenvalue weighted by atomic mass is 28.3. The van der Waals surface area contributed by atoms with Crippen LogP contribution in [0.1, 0.15) is 85.0 Å². The second-order valence-corrected chi connectivity index (χ2v) is 27.9. The van der Waals surface area contributed by atoms with Gasteiger partial charge in [-0.2, -0.15) is 0 Å². The van der Waals surface area contributed by atoms with Gasteiger partial charge in [-0.3, -0.25) is 9.59 Å². The van der Waals surface area contributed by atoms with Crippen molar-refractivity contribution in [3.63, 3.8) is 0 Å². The third-order valence-corrected chi connectivity index (χ3v) is 14.0. The average molecular weight is 797 g/mol. The van der Waals surface area contributed by atoms with E-state index < -0.39 is 16.1 Å². The molecule has 0 fully saturated rings. The van der Waals surface area contributed by atoms with Crippen LogP contribution in [0.4, 0.5) is 0 Å². The molecule has 0 saturated heterocycles. The molecule has 0 saturated carbocycles. The van der Waals surface area contributed by atoms with Gasteiger partial charge in [0.1, 0.15) is 14.7 Å². The summed E-state index contributed by atoms with van der Waals surface area (Å²) in [6, 6.07) is 21.8. The maximum atomic E-state index is 13.7. The summed E-state index contributed by atoms with van der Waals surface area (Å²) < 4.78 is 11.8. The summed E-state index contributed by atoms with van der Waals surface area (Å²) in [6.07, 6.45) is 4.89. The third-order valence-electron chi connectivity index (χ3n) is 11.1. The molecule has 1 heterocycles. The Bertz CT molecular complexity index is 2600. The lowest BCUT2D eigenvalue weighted by molar-refractivity contribution is 0.0793. The zero-order chi connectivity index (χ0) is 41.6. The number of Topliss-reactive ketones (excluding diaryl/α,β-unsaturated/α-hetero) is 1. The second kappa shape index (κ2) is 15.8. The Morgan fingerprint density at radius 2 is 1.50 bits per heavy atom. The lowest BCUT2D eigenvalue weighted by atomic mass is 9.58. The van der Waals surface area contributed by atoms with Gasteiger partial charge >= 0.3 is 0 Å². The molecule has 58 heavy (non-hydrogen) atoms. The molecule has 4 aromatic rings. The minimum absolute atomic E-state index is 0.171. The summed E-state index contributed by atoms with van der Waals surface area (Å²) in [7, 11) is -3.40. The zero-order valence-electron chi connectivity index (χ0n) is 35.5. The van der Waals surface area contributed by atoms with Crippen LogP contribution < -0.4 is 5.19 Å². The number of hydrogen-bond acceptors (Lipinski definition) is 4. The van der Waals surface area contributed by atoms with Crippen molar-refractivity contribution >= 4 is 32.9 Å². The van der Waals surface area contributed by atoms with E-state index in [1.807, 2.05) is 30.3 Å². The summed E-state index contributed by atoms with van der Waals surface area (Å²) in [6.45, 7) is 24.2. The number of aryl methyl sites for hydroxylation is 2. The standard InChI is InChI=1S/2C26H26O2Si/c1-14-10-26-11-15(2)19(14)21-20-16-8-6-7-9-17(16)24(27)22(20)25(29(3,4)5)18(23(21)26)12-28-13-26;1-21-17-22(2)19-23(18-21)20-28-15-10-6-7-11-24-12-8-9-13-25(24)26(27)14-16-29(3,4)5/h6-11,19H,12-13H2,1-5H3;8-9,12-13,17-19H,15,20H2,1-5H3. The predicted molar refractivity (Wildman–Crippen MR) is 242 cm³/mol. The number of rotatable bonds is 5. The largest absolute Gasteiger partial charge is 0.375 e. The highest BCUT2D eigenvalue weighted by molar-refractivity contribution is 6.90. The number of benzene rings is 4. The molecule has 5 aliphatic rings. The number of fused-ring (bicyclic) bond motifs is 3. The summed E-state index contributed by atoms with van der Waals surface area (Å²) >= 11 is 0. The van der Waals surface area contributed by atoms with Crippen LogP contribution in [0, 0.1) is 49.0 Å².